The molecule has 0 spiro atoms. The average Bonchev–Trinajstić information content (AvgIpc) is 2.28. The maximum absolute atomic E-state index is 11.5. The number of nitrogens with one attached hydrogen (secondary N) is 2. The van der Waals surface area contributed by atoms with E-state index in [9.17, 15) is 4.79 Å². The number of aryl methyl sites for hydroxylation is 1. The molecule has 0 aliphatic rings. The van der Waals surface area contributed by atoms with Crippen molar-refractivity contribution in [1.29, 1.82) is 0 Å². The quantitative estimate of drug-likeness (QED) is 0.749. The molecule has 0 bridgehead atoms. The van der Waals surface area contributed by atoms with Crippen molar-refractivity contribution in [3.63, 3.8) is 0 Å². The van der Waals surface area contributed by atoms with Gasteiger partial charge in [0, 0.05) is 18.3 Å². The van der Waals surface area contributed by atoms with Crippen molar-refractivity contribution in [1.82, 2.24) is 9.97 Å². The van der Waals surface area contributed by atoms with E-state index in [4.69, 9.17) is 4.74 Å². The predicted molar refractivity (Wildman–Crippen MR) is 70.7 cm³/mol. The van der Waals surface area contributed by atoms with Crippen LogP contribution in [0.25, 0.3) is 0 Å². The lowest BCUT2D eigenvalue weighted by atomic mass is 10.3. The molecule has 1 heterocycles. The van der Waals surface area contributed by atoms with Crippen molar-refractivity contribution >= 4 is 17.7 Å². The van der Waals surface area contributed by atoms with E-state index in [0.717, 1.165) is 12.2 Å². The fourth-order valence-electron chi connectivity index (χ4n) is 1.43. The molecular weight excluding hydrogens is 232 g/mol. The van der Waals surface area contributed by atoms with Gasteiger partial charge in [-0.15, -0.1) is 0 Å². The molecule has 0 aromatic carbocycles. The van der Waals surface area contributed by atoms with E-state index in [-0.39, 0.29) is 5.97 Å². The van der Waals surface area contributed by atoms with Gasteiger partial charge >= 0.3 is 5.97 Å². The van der Waals surface area contributed by atoms with Gasteiger partial charge < -0.3 is 15.4 Å². The first-order chi connectivity index (χ1) is 8.56. The molecule has 18 heavy (non-hydrogen) atoms. The molecule has 0 radical (unpaired) electrons. The molecule has 1 aromatic heterocycles. The minimum Gasteiger partial charge on any atom is -0.464 e. The summed E-state index contributed by atoms with van der Waals surface area (Å²) in [4.78, 5) is 20.0. The van der Waals surface area contributed by atoms with Gasteiger partial charge in [0.1, 0.15) is 11.9 Å². The van der Waals surface area contributed by atoms with Crippen molar-refractivity contribution in [2.24, 2.45) is 0 Å². The standard InChI is InChI=1S/C12H20N4O2/c1-5-13-12-14-8(3)7-10(16-12)15-9(4)11(17)18-6-2/h7,9H,5-6H2,1-4H3,(H2,13,14,15,16). The normalized spacial score (nSPS) is 11.8. The van der Waals surface area contributed by atoms with E-state index in [0.29, 0.717) is 18.4 Å². The number of carbonyl (C=O) groups excluding carboxylic acids is 1. The highest BCUT2D eigenvalue weighted by molar-refractivity contribution is 5.78. The monoisotopic (exact) mass is 252 g/mol. The smallest absolute Gasteiger partial charge is 0.328 e. The molecule has 1 unspecified atom stereocenters. The first-order valence-corrected chi connectivity index (χ1v) is 6.09. The van der Waals surface area contributed by atoms with Crippen LogP contribution >= 0.6 is 0 Å². The van der Waals surface area contributed by atoms with Crippen LogP contribution in [0.4, 0.5) is 11.8 Å². The third-order valence-corrected chi connectivity index (χ3v) is 2.19. The summed E-state index contributed by atoms with van der Waals surface area (Å²) in [6, 6.07) is 1.35. The van der Waals surface area contributed by atoms with Crippen molar-refractivity contribution in [3.8, 4) is 0 Å². The maximum atomic E-state index is 11.5. The van der Waals surface area contributed by atoms with Gasteiger partial charge in [-0.05, 0) is 27.7 Å². The lowest BCUT2D eigenvalue weighted by molar-refractivity contribution is -0.143. The zero-order chi connectivity index (χ0) is 13.5. The van der Waals surface area contributed by atoms with Gasteiger partial charge in [-0.25, -0.2) is 9.78 Å². The molecule has 6 heteroatoms. The second-order valence-electron chi connectivity index (χ2n) is 3.87. The Balaban J connectivity index is 2.74. The second-order valence-corrected chi connectivity index (χ2v) is 3.87. The van der Waals surface area contributed by atoms with E-state index in [1.54, 1.807) is 19.9 Å². The van der Waals surface area contributed by atoms with Gasteiger partial charge in [0.2, 0.25) is 5.95 Å². The van der Waals surface area contributed by atoms with Gasteiger partial charge in [-0.2, -0.15) is 4.98 Å². The third-order valence-electron chi connectivity index (χ3n) is 2.19. The van der Waals surface area contributed by atoms with Gasteiger partial charge in [0.05, 0.1) is 6.61 Å². The summed E-state index contributed by atoms with van der Waals surface area (Å²) in [5.74, 6) is 0.869. The Morgan fingerprint density at radius 3 is 2.78 bits per heavy atom. The molecule has 0 amide bonds. The van der Waals surface area contributed by atoms with E-state index in [2.05, 4.69) is 20.6 Å². The largest absolute Gasteiger partial charge is 0.464 e. The van der Waals surface area contributed by atoms with E-state index in [1.807, 2.05) is 13.8 Å². The summed E-state index contributed by atoms with van der Waals surface area (Å²) in [7, 11) is 0. The predicted octanol–water partition coefficient (Wildman–Crippen LogP) is 1.58. The van der Waals surface area contributed by atoms with Crippen molar-refractivity contribution in [2.45, 2.75) is 33.7 Å². The molecule has 100 valence electrons. The number of hydrogen-bond acceptors (Lipinski definition) is 6. The van der Waals surface area contributed by atoms with Gasteiger partial charge in [0.15, 0.2) is 0 Å². The highest BCUT2D eigenvalue weighted by Gasteiger charge is 2.14. The molecular formula is C12H20N4O2. The number of anilines is 2. The molecule has 1 aromatic rings. The Kier molecular flexibility index (Phi) is 5.35. The van der Waals surface area contributed by atoms with Crippen LogP contribution in [0.15, 0.2) is 6.07 Å². The van der Waals surface area contributed by atoms with Crippen LogP contribution in [0.5, 0.6) is 0 Å². The topological polar surface area (TPSA) is 76.1 Å². The molecule has 0 aliphatic heterocycles. The molecule has 2 N–H and O–H groups in total. The number of ether oxygens (including phenoxy) is 1. The lowest BCUT2D eigenvalue weighted by Crippen LogP contribution is -2.28. The summed E-state index contributed by atoms with van der Waals surface area (Å²) >= 11 is 0. The minimum atomic E-state index is -0.436. The molecule has 0 saturated carbocycles. The SMILES string of the molecule is CCNc1nc(C)cc(NC(C)C(=O)OCC)n1. The second kappa shape index (κ2) is 6.78. The number of aromatic nitrogens is 2. The van der Waals surface area contributed by atoms with E-state index >= 15 is 0 Å². The van der Waals surface area contributed by atoms with Crippen LogP contribution in [0.3, 0.4) is 0 Å². The van der Waals surface area contributed by atoms with Crippen molar-refractivity contribution in [2.75, 3.05) is 23.8 Å². The van der Waals surface area contributed by atoms with Crippen LogP contribution < -0.4 is 10.6 Å². The van der Waals surface area contributed by atoms with E-state index in [1.165, 1.54) is 0 Å². The minimum absolute atomic E-state index is 0.293. The zero-order valence-electron chi connectivity index (χ0n) is 11.3. The Bertz CT molecular complexity index is 409. The number of carbonyl (C=O) groups is 1. The Morgan fingerprint density at radius 2 is 2.17 bits per heavy atom. The highest BCUT2D eigenvalue weighted by atomic mass is 16.5. The summed E-state index contributed by atoms with van der Waals surface area (Å²) in [6.45, 7) is 8.49. The molecule has 1 atom stereocenters. The lowest BCUT2D eigenvalue weighted by Gasteiger charge is -2.14. The zero-order valence-corrected chi connectivity index (χ0v) is 11.3. The molecule has 0 fully saturated rings. The fraction of sp³-hybridized carbons (Fsp3) is 0.583. The van der Waals surface area contributed by atoms with Crippen LogP contribution in [0, 0.1) is 6.92 Å². The summed E-state index contributed by atoms with van der Waals surface area (Å²) < 4.78 is 4.92. The number of hydrogen-bond donors (Lipinski definition) is 2. The van der Waals surface area contributed by atoms with Crippen LogP contribution in [-0.2, 0) is 9.53 Å². The summed E-state index contributed by atoms with van der Waals surface area (Å²) in [5, 5.41) is 6.04. The van der Waals surface area contributed by atoms with Gasteiger partial charge in [-0.3, -0.25) is 0 Å². The molecule has 1 rings (SSSR count). The van der Waals surface area contributed by atoms with Gasteiger partial charge in [-0.1, -0.05) is 0 Å². The first kappa shape index (κ1) is 14.2. The number of esters is 1. The van der Waals surface area contributed by atoms with Crippen LogP contribution in [0.2, 0.25) is 0 Å². The Hall–Kier alpha value is -1.85. The number of nitrogens with zero attached hydrogens (tertiary/aromatic N) is 2. The maximum Gasteiger partial charge on any atom is 0.328 e. The Morgan fingerprint density at radius 1 is 1.44 bits per heavy atom. The number of rotatable bonds is 6. The van der Waals surface area contributed by atoms with E-state index < -0.39 is 6.04 Å². The third kappa shape index (κ3) is 4.20. The summed E-state index contributed by atoms with van der Waals surface area (Å²) in [6.07, 6.45) is 0. The van der Waals surface area contributed by atoms with Crippen molar-refractivity contribution < 1.29 is 9.53 Å². The highest BCUT2D eigenvalue weighted by Crippen LogP contribution is 2.11. The summed E-state index contributed by atoms with van der Waals surface area (Å²) in [5.41, 5.74) is 0.833. The van der Waals surface area contributed by atoms with Crippen LogP contribution in [-0.4, -0.2) is 35.1 Å². The average molecular weight is 252 g/mol. The molecule has 6 nitrogen and oxygen atoms in total. The van der Waals surface area contributed by atoms with Gasteiger partial charge in [0.25, 0.3) is 0 Å². The molecule has 0 aliphatic carbocycles. The fourth-order valence-corrected chi connectivity index (χ4v) is 1.43. The van der Waals surface area contributed by atoms with Crippen LogP contribution in [0.1, 0.15) is 26.5 Å². The Labute approximate surface area is 107 Å². The molecule has 0 saturated heterocycles. The van der Waals surface area contributed by atoms with Crippen molar-refractivity contribution in [3.05, 3.63) is 11.8 Å². The first-order valence-electron chi connectivity index (χ1n) is 6.09.